The average molecular weight is 287 g/mol. The normalized spacial score (nSPS) is 23.9. The lowest BCUT2D eigenvalue weighted by atomic mass is 10.00. The summed E-state index contributed by atoms with van der Waals surface area (Å²) in [5.74, 6) is 1.71. The second-order valence-electron chi connectivity index (χ2n) is 5.80. The first kappa shape index (κ1) is 16.8. The van der Waals surface area contributed by atoms with E-state index in [1.54, 1.807) is 11.8 Å². The Bertz CT molecular complexity index is 275. The number of nitrogens with one attached hydrogen (secondary N) is 1. The molecule has 1 amide bonds. The molecule has 3 N–H and O–H groups in total. The molecule has 1 aliphatic rings. The highest BCUT2D eigenvalue weighted by Gasteiger charge is 2.20. The van der Waals surface area contributed by atoms with Crippen molar-refractivity contribution in [2.24, 2.45) is 11.7 Å². The van der Waals surface area contributed by atoms with Crippen LogP contribution in [-0.4, -0.2) is 54.5 Å². The highest BCUT2D eigenvalue weighted by atomic mass is 32.2. The van der Waals surface area contributed by atoms with Gasteiger partial charge in [0.05, 0.1) is 6.04 Å². The van der Waals surface area contributed by atoms with E-state index >= 15 is 0 Å². The lowest BCUT2D eigenvalue weighted by Gasteiger charge is -2.33. The van der Waals surface area contributed by atoms with Crippen LogP contribution in [0.4, 0.5) is 0 Å². The minimum absolute atomic E-state index is 0.00777. The predicted molar refractivity (Wildman–Crippen MR) is 83.4 cm³/mol. The van der Waals surface area contributed by atoms with E-state index in [2.05, 4.69) is 24.1 Å². The third kappa shape index (κ3) is 6.63. The van der Waals surface area contributed by atoms with Gasteiger partial charge in [-0.25, -0.2) is 0 Å². The molecule has 0 aromatic heterocycles. The molecular weight excluding hydrogens is 258 g/mol. The number of likely N-dealkylation sites (tertiary alicyclic amines) is 1. The van der Waals surface area contributed by atoms with Crippen LogP contribution in [0.1, 0.15) is 33.1 Å². The van der Waals surface area contributed by atoms with Crippen molar-refractivity contribution in [3.8, 4) is 0 Å². The van der Waals surface area contributed by atoms with Crippen molar-refractivity contribution in [2.45, 2.75) is 45.2 Å². The molecular formula is C14H29N3OS. The quantitative estimate of drug-likeness (QED) is 0.741. The maximum atomic E-state index is 11.9. The Balaban J connectivity index is 2.25. The van der Waals surface area contributed by atoms with Crippen LogP contribution in [0.15, 0.2) is 0 Å². The molecule has 0 saturated carbocycles. The number of amides is 1. The fourth-order valence-corrected chi connectivity index (χ4v) is 3.10. The number of nitrogens with two attached hydrogens (primary N) is 1. The highest BCUT2D eigenvalue weighted by molar-refractivity contribution is 7.98. The monoisotopic (exact) mass is 287 g/mol. The van der Waals surface area contributed by atoms with Gasteiger partial charge in [0.1, 0.15) is 0 Å². The van der Waals surface area contributed by atoms with Crippen molar-refractivity contribution in [1.29, 1.82) is 0 Å². The van der Waals surface area contributed by atoms with Gasteiger partial charge in [0, 0.05) is 19.1 Å². The Kier molecular flexibility index (Phi) is 7.80. The van der Waals surface area contributed by atoms with Crippen LogP contribution in [0.25, 0.3) is 0 Å². The first-order chi connectivity index (χ1) is 9.02. The van der Waals surface area contributed by atoms with Gasteiger partial charge in [-0.3, -0.25) is 4.79 Å². The fraction of sp³-hybridized carbons (Fsp3) is 0.929. The standard InChI is InChI=1S/C14H29N3OS/c1-11-5-4-7-17(9-11)10-12(2)16-14(18)13(15)6-8-19-3/h11-13H,4-10,15H2,1-3H3,(H,16,18)/t11?,12?,13-/m0/s1. The number of hydrogen-bond donors (Lipinski definition) is 2. The molecule has 0 bridgehead atoms. The van der Waals surface area contributed by atoms with Crippen LogP contribution in [-0.2, 0) is 4.79 Å². The van der Waals surface area contributed by atoms with Crippen LogP contribution in [0, 0.1) is 5.92 Å². The maximum absolute atomic E-state index is 11.9. The molecule has 0 radical (unpaired) electrons. The molecule has 4 nitrogen and oxygen atoms in total. The molecule has 2 unspecified atom stereocenters. The lowest BCUT2D eigenvalue weighted by Crippen LogP contribution is -2.49. The first-order valence-electron chi connectivity index (χ1n) is 7.30. The molecule has 0 spiro atoms. The van der Waals surface area contributed by atoms with Gasteiger partial charge in [0.25, 0.3) is 0 Å². The van der Waals surface area contributed by atoms with Crippen molar-refractivity contribution in [3.63, 3.8) is 0 Å². The van der Waals surface area contributed by atoms with Crippen LogP contribution < -0.4 is 11.1 Å². The molecule has 0 aromatic rings. The molecule has 112 valence electrons. The van der Waals surface area contributed by atoms with E-state index in [1.165, 1.54) is 12.8 Å². The fourth-order valence-electron chi connectivity index (χ4n) is 2.61. The summed E-state index contributed by atoms with van der Waals surface area (Å²) in [5.41, 5.74) is 5.87. The minimum Gasteiger partial charge on any atom is -0.351 e. The van der Waals surface area contributed by atoms with E-state index < -0.39 is 0 Å². The second-order valence-corrected chi connectivity index (χ2v) is 6.79. The van der Waals surface area contributed by atoms with Gasteiger partial charge in [-0.2, -0.15) is 11.8 Å². The summed E-state index contributed by atoms with van der Waals surface area (Å²) >= 11 is 1.73. The summed E-state index contributed by atoms with van der Waals surface area (Å²) in [6, 6.07) is -0.187. The van der Waals surface area contributed by atoms with Gasteiger partial charge in [-0.05, 0) is 50.7 Å². The topological polar surface area (TPSA) is 58.4 Å². The van der Waals surface area contributed by atoms with Crippen molar-refractivity contribution in [1.82, 2.24) is 10.2 Å². The maximum Gasteiger partial charge on any atom is 0.237 e. The van der Waals surface area contributed by atoms with Gasteiger partial charge >= 0.3 is 0 Å². The van der Waals surface area contributed by atoms with Gasteiger partial charge in [0.15, 0.2) is 0 Å². The van der Waals surface area contributed by atoms with Crippen molar-refractivity contribution in [2.75, 3.05) is 31.6 Å². The Morgan fingerprint density at radius 2 is 2.32 bits per heavy atom. The summed E-state index contributed by atoms with van der Waals surface area (Å²) in [7, 11) is 0. The van der Waals surface area contributed by atoms with E-state index in [4.69, 9.17) is 5.73 Å². The van der Waals surface area contributed by atoms with E-state index in [1.807, 2.05) is 6.26 Å². The summed E-state index contributed by atoms with van der Waals surface area (Å²) in [4.78, 5) is 14.4. The third-order valence-electron chi connectivity index (χ3n) is 3.63. The number of piperidine rings is 1. The van der Waals surface area contributed by atoms with Crippen LogP contribution >= 0.6 is 11.8 Å². The summed E-state index contributed by atoms with van der Waals surface area (Å²) < 4.78 is 0. The Morgan fingerprint density at radius 1 is 1.58 bits per heavy atom. The van der Waals surface area contributed by atoms with Crippen LogP contribution in [0.2, 0.25) is 0 Å². The molecule has 0 aliphatic carbocycles. The zero-order valence-electron chi connectivity index (χ0n) is 12.5. The predicted octanol–water partition coefficient (Wildman–Crippen LogP) is 1.30. The third-order valence-corrected chi connectivity index (χ3v) is 4.28. The van der Waals surface area contributed by atoms with E-state index in [9.17, 15) is 4.79 Å². The highest BCUT2D eigenvalue weighted by Crippen LogP contribution is 2.15. The Morgan fingerprint density at radius 3 is 2.95 bits per heavy atom. The Labute approximate surface area is 121 Å². The van der Waals surface area contributed by atoms with Gasteiger partial charge in [-0.1, -0.05) is 6.92 Å². The average Bonchev–Trinajstić information content (AvgIpc) is 2.35. The summed E-state index contributed by atoms with van der Waals surface area (Å²) in [6.45, 7) is 7.61. The summed E-state index contributed by atoms with van der Waals surface area (Å²) in [5, 5.41) is 3.04. The molecule has 1 aliphatic heterocycles. The number of rotatable bonds is 7. The smallest absolute Gasteiger partial charge is 0.237 e. The van der Waals surface area contributed by atoms with E-state index in [0.29, 0.717) is 0 Å². The SMILES string of the molecule is CSCC[C@H](N)C(=O)NC(C)CN1CCCC(C)C1. The Hall–Kier alpha value is -0.260. The van der Waals surface area contributed by atoms with E-state index in [-0.39, 0.29) is 18.0 Å². The molecule has 0 aromatic carbocycles. The number of carbonyl (C=O) groups excluding carboxylic acids is 1. The molecule has 3 atom stereocenters. The number of thioether (sulfide) groups is 1. The first-order valence-corrected chi connectivity index (χ1v) is 8.69. The molecule has 1 rings (SSSR count). The van der Waals surface area contributed by atoms with Gasteiger partial charge in [0.2, 0.25) is 5.91 Å². The molecule has 1 saturated heterocycles. The molecule has 5 heteroatoms. The lowest BCUT2D eigenvalue weighted by molar-refractivity contribution is -0.123. The molecule has 1 heterocycles. The van der Waals surface area contributed by atoms with E-state index in [0.717, 1.165) is 37.7 Å². The van der Waals surface area contributed by atoms with Crippen LogP contribution in [0.5, 0.6) is 0 Å². The number of carbonyl (C=O) groups is 1. The molecule has 1 fully saturated rings. The zero-order chi connectivity index (χ0) is 14.3. The van der Waals surface area contributed by atoms with Crippen LogP contribution in [0.3, 0.4) is 0 Å². The van der Waals surface area contributed by atoms with Crippen molar-refractivity contribution in [3.05, 3.63) is 0 Å². The summed E-state index contributed by atoms with van der Waals surface area (Å²) in [6.07, 6.45) is 5.39. The number of nitrogens with zero attached hydrogens (tertiary/aromatic N) is 1. The molecule has 19 heavy (non-hydrogen) atoms. The van der Waals surface area contributed by atoms with Gasteiger partial charge < -0.3 is 16.0 Å². The van der Waals surface area contributed by atoms with Crippen molar-refractivity contribution < 1.29 is 4.79 Å². The number of hydrogen-bond acceptors (Lipinski definition) is 4. The zero-order valence-corrected chi connectivity index (χ0v) is 13.3. The van der Waals surface area contributed by atoms with Gasteiger partial charge in [-0.15, -0.1) is 0 Å². The van der Waals surface area contributed by atoms with Crippen molar-refractivity contribution >= 4 is 17.7 Å². The second kappa shape index (κ2) is 8.82. The largest absolute Gasteiger partial charge is 0.351 e. The minimum atomic E-state index is -0.366.